The van der Waals surface area contributed by atoms with Gasteiger partial charge in [-0.3, -0.25) is 0 Å². The van der Waals surface area contributed by atoms with Crippen LogP contribution in [0.2, 0.25) is 0 Å². The van der Waals surface area contributed by atoms with Gasteiger partial charge in [-0.05, 0) is 12.8 Å². The Hall–Kier alpha value is -0.200. The van der Waals surface area contributed by atoms with Crippen LogP contribution in [0.1, 0.15) is 25.7 Å². The van der Waals surface area contributed by atoms with Gasteiger partial charge in [-0.25, -0.2) is 5.32 Å². The Balaban J connectivity index is 2.62. The van der Waals surface area contributed by atoms with E-state index in [0.717, 1.165) is 0 Å². The first kappa shape index (κ1) is 8.89. The van der Waals surface area contributed by atoms with Gasteiger partial charge in [0.05, 0.1) is 0 Å². The lowest BCUT2D eigenvalue weighted by atomic mass is 10.2. The third kappa shape index (κ3) is 2.72. The Bertz CT molecular complexity index is 130. The van der Waals surface area contributed by atoms with E-state index in [2.05, 4.69) is 0 Å². The molecule has 1 aliphatic rings. The van der Waals surface area contributed by atoms with E-state index in [9.17, 15) is 0 Å². The number of hydrogen-bond donors (Lipinski definition) is 5. The van der Waals surface area contributed by atoms with Crippen LogP contribution < -0.4 is 5.32 Å². The van der Waals surface area contributed by atoms with Crippen molar-refractivity contribution in [3.63, 3.8) is 0 Å². The molecule has 0 aromatic carbocycles. The zero-order valence-electron chi connectivity index (χ0n) is 6.12. The van der Waals surface area contributed by atoms with Gasteiger partial charge >= 0.3 is 0 Å². The van der Waals surface area contributed by atoms with E-state index in [-0.39, 0.29) is 12.8 Å². The Morgan fingerprint density at radius 3 is 1.55 bits per heavy atom. The molecular weight excluding hydrogens is 150 g/mol. The van der Waals surface area contributed by atoms with Crippen LogP contribution in [0.25, 0.3) is 0 Å². The molecule has 66 valence electrons. The van der Waals surface area contributed by atoms with Gasteiger partial charge in [0.25, 0.3) is 0 Å². The molecular formula is C6H13NO4. The first-order valence-electron chi connectivity index (χ1n) is 3.60. The van der Waals surface area contributed by atoms with Gasteiger partial charge in [-0.15, -0.1) is 0 Å². The summed E-state index contributed by atoms with van der Waals surface area (Å²) in [6, 6.07) is 0. The number of rotatable bonds is 0. The largest absolute Gasteiger partial charge is 0.353 e. The first-order chi connectivity index (χ1) is 4.91. The molecule has 11 heavy (non-hydrogen) atoms. The minimum atomic E-state index is -2.15. The number of aliphatic hydroxyl groups is 4. The molecule has 0 spiro atoms. The lowest BCUT2D eigenvalue weighted by Crippen LogP contribution is -2.57. The van der Waals surface area contributed by atoms with E-state index in [1.807, 2.05) is 5.32 Å². The van der Waals surface area contributed by atoms with Crippen molar-refractivity contribution in [2.75, 3.05) is 0 Å². The topological polar surface area (TPSA) is 93.0 Å². The maximum atomic E-state index is 9.01. The molecule has 1 fully saturated rings. The minimum absolute atomic E-state index is 0.107. The fourth-order valence-electron chi connectivity index (χ4n) is 1.19. The molecule has 0 amide bonds. The van der Waals surface area contributed by atoms with Crippen LogP contribution in [0.3, 0.4) is 0 Å². The standard InChI is InChI=1S/C6H13NO4/c8-5(9)3-1-2-4-6(10,11)7-5/h7-11H,1-4H2. The van der Waals surface area contributed by atoms with E-state index in [1.165, 1.54) is 0 Å². The zero-order valence-corrected chi connectivity index (χ0v) is 6.12. The van der Waals surface area contributed by atoms with Gasteiger partial charge < -0.3 is 20.4 Å². The summed E-state index contributed by atoms with van der Waals surface area (Å²) in [4.78, 5) is 0. The SMILES string of the molecule is OC1(O)CCCCC(O)(O)N1. The summed E-state index contributed by atoms with van der Waals surface area (Å²) in [6.07, 6.45) is 1.33. The van der Waals surface area contributed by atoms with Crippen LogP contribution >= 0.6 is 0 Å². The Morgan fingerprint density at radius 2 is 1.18 bits per heavy atom. The van der Waals surface area contributed by atoms with Crippen LogP contribution in [-0.4, -0.2) is 32.2 Å². The molecule has 0 bridgehead atoms. The highest BCUT2D eigenvalue weighted by molar-refractivity contribution is 4.74. The molecule has 0 unspecified atom stereocenters. The van der Waals surface area contributed by atoms with Gasteiger partial charge in [0.2, 0.25) is 11.8 Å². The summed E-state index contributed by atoms with van der Waals surface area (Å²) in [5, 5.41) is 38.0. The maximum Gasteiger partial charge on any atom is 0.226 e. The highest BCUT2D eigenvalue weighted by Gasteiger charge is 2.36. The monoisotopic (exact) mass is 163 g/mol. The molecule has 0 aliphatic carbocycles. The molecule has 0 radical (unpaired) electrons. The minimum Gasteiger partial charge on any atom is -0.353 e. The van der Waals surface area contributed by atoms with Crippen LogP contribution in [0.4, 0.5) is 0 Å². The van der Waals surface area contributed by atoms with Gasteiger partial charge in [-0.1, -0.05) is 0 Å². The van der Waals surface area contributed by atoms with E-state index in [0.29, 0.717) is 12.8 Å². The molecule has 0 aromatic rings. The molecule has 5 N–H and O–H groups in total. The van der Waals surface area contributed by atoms with Crippen LogP contribution in [-0.2, 0) is 0 Å². The predicted octanol–water partition coefficient (Wildman–Crippen LogP) is -1.57. The molecule has 1 aliphatic heterocycles. The molecule has 5 heteroatoms. The van der Waals surface area contributed by atoms with E-state index in [4.69, 9.17) is 20.4 Å². The average Bonchev–Trinajstić information content (AvgIpc) is 1.86. The van der Waals surface area contributed by atoms with Crippen molar-refractivity contribution in [3.8, 4) is 0 Å². The summed E-state index contributed by atoms with van der Waals surface area (Å²) in [5.74, 6) is -4.31. The van der Waals surface area contributed by atoms with Crippen molar-refractivity contribution >= 4 is 0 Å². The van der Waals surface area contributed by atoms with Crippen LogP contribution in [0.15, 0.2) is 0 Å². The summed E-state index contributed by atoms with van der Waals surface area (Å²) < 4.78 is 0. The van der Waals surface area contributed by atoms with Crippen molar-refractivity contribution in [2.45, 2.75) is 37.5 Å². The van der Waals surface area contributed by atoms with E-state index in [1.54, 1.807) is 0 Å². The lowest BCUT2D eigenvalue weighted by molar-refractivity contribution is -0.282. The van der Waals surface area contributed by atoms with Crippen molar-refractivity contribution in [1.82, 2.24) is 5.32 Å². The molecule has 0 saturated carbocycles. The molecule has 1 saturated heterocycles. The first-order valence-corrected chi connectivity index (χ1v) is 3.60. The summed E-state index contributed by atoms with van der Waals surface area (Å²) in [6.45, 7) is 0. The Morgan fingerprint density at radius 1 is 0.818 bits per heavy atom. The molecule has 5 nitrogen and oxygen atoms in total. The second-order valence-electron chi connectivity index (χ2n) is 2.97. The van der Waals surface area contributed by atoms with Crippen molar-refractivity contribution in [3.05, 3.63) is 0 Å². The third-order valence-corrected chi connectivity index (χ3v) is 1.70. The summed E-state index contributed by atoms with van der Waals surface area (Å²) in [5.41, 5.74) is 0. The van der Waals surface area contributed by atoms with Gasteiger partial charge in [0.15, 0.2) is 0 Å². The van der Waals surface area contributed by atoms with Crippen molar-refractivity contribution < 1.29 is 20.4 Å². The van der Waals surface area contributed by atoms with Gasteiger partial charge in [0.1, 0.15) is 0 Å². The fraction of sp³-hybridized carbons (Fsp3) is 1.00. The lowest BCUT2D eigenvalue weighted by Gasteiger charge is -2.28. The van der Waals surface area contributed by atoms with Gasteiger partial charge in [-0.2, -0.15) is 0 Å². The van der Waals surface area contributed by atoms with Crippen LogP contribution in [0, 0.1) is 0 Å². The van der Waals surface area contributed by atoms with Gasteiger partial charge in [0, 0.05) is 12.8 Å². The van der Waals surface area contributed by atoms with Crippen molar-refractivity contribution in [2.24, 2.45) is 0 Å². The zero-order chi connectivity index (χ0) is 8.54. The second-order valence-corrected chi connectivity index (χ2v) is 2.97. The predicted molar refractivity (Wildman–Crippen MR) is 35.9 cm³/mol. The van der Waals surface area contributed by atoms with Crippen molar-refractivity contribution in [1.29, 1.82) is 0 Å². The Kier molecular flexibility index (Phi) is 2.17. The smallest absolute Gasteiger partial charge is 0.226 e. The second kappa shape index (κ2) is 2.69. The van der Waals surface area contributed by atoms with E-state index < -0.39 is 11.8 Å². The normalized spacial score (nSPS) is 29.5. The molecule has 1 rings (SSSR count). The average molecular weight is 163 g/mol. The summed E-state index contributed by atoms with van der Waals surface area (Å²) in [7, 11) is 0. The quantitative estimate of drug-likeness (QED) is 0.278. The summed E-state index contributed by atoms with van der Waals surface area (Å²) >= 11 is 0. The molecule has 1 heterocycles. The highest BCUT2D eigenvalue weighted by Crippen LogP contribution is 2.20. The highest BCUT2D eigenvalue weighted by atomic mass is 16.6. The van der Waals surface area contributed by atoms with Crippen LogP contribution in [0.5, 0.6) is 0 Å². The number of hydrogen-bond acceptors (Lipinski definition) is 5. The molecule has 0 aromatic heterocycles. The van der Waals surface area contributed by atoms with E-state index >= 15 is 0 Å². The molecule has 0 atom stereocenters. The maximum absolute atomic E-state index is 9.01. The Labute approximate surface area is 64.3 Å². The fourth-order valence-corrected chi connectivity index (χ4v) is 1.19. The number of nitrogens with one attached hydrogen (secondary N) is 1. The third-order valence-electron chi connectivity index (χ3n) is 1.70.